The molecule has 1 aromatic rings. The van der Waals surface area contributed by atoms with E-state index in [9.17, 15) is 0 Å². The molecule has 0 amide bonds. The van der Waals surface area contributed by atoms with Crippen LogP contribution >= 0.6 is 15.9 Å². The van der Waals surface area contributed by atoms with Gasteiger partial charge in [0.2, 0.25) is 0 Å². The van der Waals surface area contributed by atoms with Crippen molar-refractivity contribution in [3.05, 3.63) is 16.9 Å². The van der Waals surface area contributed by atoms with Crippen molar-refractivity contribution in [2.75, 3.05) is 11.4 Å². The van der Waals surface area contributed by atoms with Crippen molar-refractivity contribution in [1.29, 1.82) is 0 Å². The summed E-state index contributed by atoms with van der Waals surface area (Å²) in [5, 5.41) is 7.75. The molecule has 1 aromatic heterocycles. The van der Waals surface area contributed by atoms with Crippen molar-refractivity contribution >= 4 is 21.6 Å². The molecule has 0 bridgehead atoms. The molecule has 72 valence electrons. The van der Waals surface area contributed by atoms with E-state index in [0.29, 0.717) is 6.04 Å². The third-order valence-corrected chi connectivity index (χ3v) is 2.29. The molecule has 13 heavy (non-hydrogen) atoms. The first-order valence-corrected chi connectivity index (χ1v) is 5.19. The van der Waals surface area contributed by atoms with E-state index in [0.717, 1.165) is 16.8 Å². The van der Waals surface area contributed by atoms with Crippen LogP contribution in [0.5, 0.6) is 0 Å². The third kappa shape index (κ3) is 2.66. The topological polar surface area (TPSA) is 29.0 Å². The van der Waals surface area contributed by atoms with E-state index in [1.807, 2.05) is 6.07 Å². The Hall–Kier alpha value is -0.640. The van der Waals surface area contributed by atoms with Crippen molar-refractivity contribution in [3.63, 3.8) is 0 Å². The highest BCUT2D eigenvalue weighted by Crippen LogP contribution is 2.18. The van der Waals surface area contributed by atoms with Gasteiger partial charge in [-0.25, -0.2) is 0 Å². The molecule has 0 atom stereocenters. The molecular weight excluding hydrogens is 230 g/mol. The number of hydrogen-bond donors (Lipinski definition) is 0. The number of anilines is 1. The van der Waals surface area contributed by atoms with Crippen LogP contribution in [0, 0.1) is 0 Å². The van der Waals surface area contributed by atoms with E-state index >= 15 is 0 Å². The summed E-state index contributed by atoms with van der Waals surface area (Å²) in [7, 11) is 0. The van der Waals surface area contributed by atoms with Crippen LogP contribution in [-0.2, 0) is 0 Å². The van der Waals surface area contributed by atoms with Gasteiger partial charge in [-0.05, 0) is 42.8 Å². The fraction of sp³-hybridized carbons (Fsp3) is 0.556. The van der Waals surface area contributed by atoms with Crippen LogP contribution in [0.2, 0.25) is 0 Å². The molecule has 0 saturated heterocycles. The van der Waals surface area contributed by atoms with Crippen LogP contribution in [0.1, 0.15) is 20.8 Å². The number of rotatable bonds is 3. The molecule has 0 aromatic carbocycles. The van der Waals surface area contributed by atoms with Gasteiger partial charge < -0.3 is 4.90 Å². The van der Waals surface area contributed by atoms with Gasteiger partial charge in [-0.1, -0.05) is 0 Å². The summed E-state index contributed by atoms with van der Waals surface area (Å²) in [5.74, 6) is 0. The number of halogens is 1. The van der Waals surface area contributed by atoms with Crippen molar-refractivity contribution in [2.45, 2.75) is 26.8 Å². The molecule has 0 spiro atoms. The predicted molar refractivity (Wildman–Crippen MR) is 57.9 cm³/mol. The zero-order valence-electron chi connectivity index (χ0n) is 8.16. The van der Waals surface area contributed by atoms with E-state index in [1.165, 1.54) is 0 Å². The minimum atomic E-state index is 0.487. The van der Waals surface area contributed by atoms with Crippen molar-refractivity contribution in [1.82, 2.24) is 10.2 Å². The van der Waals surface area contributed by atoms with Gasteiger partial charge in [0.15, 0.2) is 0 Å². The average Bonchev–Trinajstić information content (AvgIpc) is 2.04. The second-order valence-corrected chi connectivity index (χ2v) is 3.93. The second-order valence-electron chi connectivity index (χ2n) is 3.12. The van der Waals surface area contributed by atoms with Crippen molar-refractivity contribution in [3.8, 4) is 0 Å². The monoisotopic (exact) mass is 243 g/mol. The van der Waals surface area contributed by atoms with Crippen LogP contribution in [0.25, 0.3) is 0 Å². The molecule has 0 saturated carbocycles. The Kier molecular flexibility index (Phi) is 3.66. The molecule has 0 N–H and O–H groups in total. The normalized spacial score (nSPS) is 10.5. The largest absolute Gasteiger partial charge is 0.368 e. The standard InChI is InChI=1S/C9H14BrN3/c1-4-13(7(2)3)8-5-9(10)12-11-6-8/h5-7H,4H2,1-3H3. The van der Waals surface area contributed by atoms with Crippen LogP contribution < -0.4 is 4.90 Å². The lowest BCUT2D eigenvalue weighted by Gasteiger charge is -2.26. The summed E-state index contributed by atoms with van der Waals surface area (Å²) in [6.45, 7) is 7.44. The van der Waals surface area contributed by atoms with Gasteiger partial charge in [0, 0.05) is 12.6 Å². The van der Waals surface area contributed by atoms with Crippen LogP contribution in [0.3, 0.4) is 0 Å². The molecule has 1 rings (SSSR count). The number of hydrogen-bond acceptors (Lipinski definition) is 3. The smallest absolute Gasteiger partial charge is 0.130 e. The van der Waals surface area contributed by atoms with E-state index in [2.05, 4.69) is 51.8 Å². The number of nitrogens with zero attached hydrogens (tertiary/aromatic N) is 3. The highest BCUT2D eigenvalue weighted by atomic mass is 79.9. The molecule has 1 heterocycles. The quantitative estimate of drug-likeness (QED) is 0.817. The first-order chi connectivity index (χ1) is 6.15. The summed E-state index contributed by atoms with van der Waals surface area (Å²) in [6, 6.07) is 2.47. The van der Waals surface area contributed by atoms with Gasteiger partial charge in [-0.15, -0.1) is 5.10 Å². The summed E-state index contributed by atoms with van der Waals surface area (Å²) in [5.41, 5.74) is 1.11. The van der Waals surface area contributed by atoms with Gasteiger partial charge in [-0.3, -0.25) is 0 Å². The SMILES string of the molecule is CCN(c1cnnc(Br)c1)C(C)C. The molecule has 0 unspecified atom stereocenters. The van der Waals surface area contributed by atoms with E-state index in [1.54, 1.807) is 6.20 Å². The Bertz CT molecular complexity index is 275. The van der Waals surface area contributed by atoms with Gasteiger partial charge in [0.1, 0.15) is 4.60 Å². The van der Waals surface area contributed by atoms with Gasteiger partial charge in [0.25, 0.3) is 0 Å². The predicted octanol–water partition coefficient (Wildman–Crippen LogP) is 2.47. The van der Waals surface area contributed by atoms with Crippen molar-refractivity contribution in [2.24, 2.45) is 0 Å². The molecule has 0 aliphatic carbocycles. The lowest BCUT2D eigenvalue weighted by Crippen LogP contribution is -2.30. The Balaban J connectivity index is 2.91. The van der Waals surface area contributed by atoms with E-state index < -0.39 is 0 Å². The minimum Gasteiger partial charge on any atom is -0.368 e. The fourth-order valence-corrected chi connectivity index (χ4v) is 1.66. The van der Waals surface area contributed by atoms with E-state index in [4.69, 9.17) is 0 Å². The lowest BCUT2D eigenvalue weighted by molar-refractivity contribution is 0.699. The Morgan fingerprint density at radius 2 is 2.23 bits per heavy atom. The summed E-state index contributed by atoms with van der Waals surface area (Å²) >= 11 is 3.31. The first kappa shape index (κ1) is 10.4. The maximum atomic E-state index is 3.90. The van der Waals surface area contributed by atoms with Gasteiger partial charge in [0.05, 0.1) is 11.9 Å². The molecule has 3 nitrogen and oxygen atoms in total. The van der Waals surface area contributed by atoms with Crippen molar-refractivity contribution < 1.29 is 0 Å². The van der Waals surface area contributed by atoms with Crippen LogP contribution in [-0.4, -0.2) is 22.8 Å². The first-order valence-electron chi connectivity index (χ1n) is 4.40. The molecule has 0 aliphatic heterocycles. The molecule has 4 heteroatoms. The molecular formula is C9H14BrN3. The second kappa shape index (κ2) is 4.56. The van der Waals surface area contributed by atoms with Gasteiger partial charge >= 0.3 is 0 Å². The number of aromatic nitrogens is 2. The van der Waals surface area contributed by atoms with Crippen LogP contribution in [0.15, 0.2) is 16.9 Å². The maximum absolute atomic E-state index is 3.90. The fourth-order valence-electron chi connectivity index (χ4n) is 1.33. The highest BCUT2D eigenvalue weighted by Gasteiger charge is 2.08. The Morgan fingerprint density at radius 3 is 2.69 bits per heavy atom. The zero-order valence-corrected chi connectivity index (χ0v) is 9.74. The zero-order chi connectivity index (χ0) is 9.84. The average molecular weight is 244 g/mol. The molecule has 0 aliphatic rings. The molecule has 0 radical (unpaired) electrons. The Morgan fingerprint density at radius 1 is 1.54 bits per heavy atom. The summed E-state index contributed by atoms with van der Waals surface area (Å²) < 4.78 is 0.782. The summed E-state index contributed by atoms with van der Waals surface area (Å²) in [6.07, 6.45) is 1.79. The van der Waals surface area contributed by atoms with Gasteiger partial charge in [-0.2, -0.15) is 5.10 Å². The third-order valence-electron chi connectivity index (χ3n) is 1.91. The minimum absolute atomic E-state index is 0.487. The molecule has 0 fully saturated rings. The van der Waals surface area contributed by atoms with E-state index in [-0.39, 0.29) is 0 Å². The lowest BCUT2D eigenvalue weighted by atomic mass is 10.3. The van der Waals surface area contributed by atoms with Crippen LogP contribution in [0.4, 0.5) is 5.69 Å². The maximum Gasteiger partial charge on any atom is 0.130 e. The summed E-state index contributed by atoms with van der Waals surface area (Å²) in [4.78, 5) is 2.26. The highest BCUT2D eigenvalue weighted by molar-refractivity contribution is 9.10. The Labute approximate surface area is 87.3 Å².